The van der Waals surface area contributed by atoms with E-state index >= 15 is 0 Å². The van der Waals surface area contributed by atoms with Crippen molar-refractivity contribution in [2.24, 2.45) is 13.0 Å². The topological polar surface area (TPSA) is 53.4 Å². The van der Waals surface area contributed by atoms with Gasteiger partial charge in [0.15, 0.2) is 0 Å². The first-order valence-electron chi connectivity index (χ1n) is 12.0. The molecule has 1 saturated heterocycles. The fourth-order valence-corrected chi connectivity index (χ4v) is 5.07. The first-order chi connectivity index (χ1) is 15.7. The number of para-hydroxylation sites is 2. The number of fused-ring (bicyclic) bond motifs is 1. The van der Waals surface area contributed by atoms with Gasteiger partial charge in [-0.2, -0.15) is 0 Å². The molecule has 0 atom stereocenters. The molecular weight excluding hydrogens is 398 g/mol. The zero-order valence-electron chi connectivity index (χ0n) is 19.0. The largest absolute Gasteiger partial charge is 0.369 e. The molecule has 2 aromatic carbocycles. The van der Waals surface area contributed by atoms with Gasteiger partial charge in [-0.15, -0.1) is 0 Å². The molecule has 3 aromatic rings. The van der Waals surface area contributed by atoms with Crippen LogP contribution in [0.5, 0.6) is 0 Å². The van der Waals surface area contributed by atoms with Crippen LogP contribution in [0.1, 0.15) is 37.9 Å². The molecule has 1 aliphatic carbocycles. The third-order valence-electron chi connectivity index (χ3n) is 7.09. The van der Waals surface area contributed by atoms with Gasteiger partial charge in [-0.25, -0.2) is 4.98 Å². The van der Waals surface area contributed by atoms with Gasteiger partial charge >= 0.3 is 0 Å². The van der Waals surface area contributed by atoms with Crippen molar-refractivity contribution in [3.05, 3.63) is 54.4 Å². The van der Waals surface area contributed by atoms with Gasteiger partial charge in [0.05, 0.1) is 17.6 Å². The van der Waals surface area contributed by atoms with Crippen molar-refractivity contribution in [3.8, 4) is 0 Å². The maximum absolute atomic E-state index is 12.5. The number of carbonyl (C=O) groups excluding carboxylic acids is 1. The summed E-state index contributed by atoms with van der Waals surface area (Å²) in [6.45, 7) is 4.91. The van der Waals surface area contributed by atoms with E-state index in [1.807, 2.05) is 18.2 Å². The van der Waals surface area contributed by atoms with E-state index in [1.54, 1.807) is 0 Å². The second kappa shape index (κ2) is 9.33. The number of anilines is 2. The standard InChI is InChI=1S/C26H33N5O/c1-29-24-10-6-5-9-23(24)28-25(29)19-30-15-17-31(18-16-30)22-13-11-21(12-14-22)27-26(32)20-7-3-2-4-8-20/h5-6,9-14,20H,2-4,7-8,15-19H2,1H3,(H,27,32). The number of nitrogens with one attached hydrogen (secondary N) is 1. The van der Waals surface area contributed by atoms with Crippen molar-refractivity contribution < 1.29 is 4.79 Å². The van der Waals surface area contributed by atoms with E-state index in [1.165, 1.54) is 30.5 Å². The Morgan fingerprint density at radius 2 is 1.69 bits per heavy atom. The molecule has 0 spiro atoms. The molecule has 1 amide bonds. The van der Waals surface area contributed by atoms with Crippen LogP contribution in [0.25, 0.3) is 11.0 Å². The average Bonchev–Trinajstić information content (AvgIpc) is 3.16. The molecule has 1 aliphatic heterocycles. The minimum absolute atomic E-state index is 0.188. The summed E-state index contributed by atoms with van der Waals surface area (Å²) in [4.78, 5) is 22.2. The Kier molecular flexibility index (Phi) is 6.12. The lowest BCUT2D eigenvalue weighted by atomic mass is 9.88. The van der Waals surface area contributed by atoms with Crippen LogP contribution >= 0.6 is 0 Å². The zero-order valence-corrected chi connectivity index (χ0v) is 19.0. The van der Waals surface area contributed by atoms with Crippen molar-refractivity contribution in [2.75, 3.05) is 36.4 Å². The molecule has 2 fully saturated rings. The Labute approximate surface area is 190 Å². The Morgan fingerprint density at radius 1 is 0.969 bits per heavy atom. The lowest BCUT2D eigenvalue weighted by Gasteiger charge is -2.36. The van der Waals surface area contributed by atoms with Crippen LogP contribution < -0.4 is 10.2 Å². The van der Waals surface area contributed by atoms with Gasteiger partial charge in [0, 0.05) is 50.5 Å². The van der Waals surface area contributed by atoms with Crippen molar-refractivity contribution in [3.63, 3.8) is 0 Å². The smallest absolute Gasteiger partial charge is 0.227 e. The van der Waals surface area contributed by atoms with Crippen LogP contribution in [-0.4, -0.2) is 46.5 Å². The number of hydrogen-bond acceptors (Lipinski definition) is 4. The summed E-state index contributed by atoms with van der Waals surface area (Å²) in [5.41, 5.74) is 4.39. The molecule has 0 unspecified atom stereocenters. The van der Waals surface area contributed by atoms with E-state index in [9.17, 15) is 4.79 Å². The number of imidazole rings is 1. The fourth-order valence-electron chi connectivity index (χ4n) is 5.07. The molecule has 0 radical (unpaired) electrons. The van der Waals surface area contributed by atoms with E-state index in [0.29, 0.717) is 0 Å². The van der Waals surface area contributed by atoms with Gasteiger partial charge in [0.2, 0.25) is 5.91 Å². The summed E-state index contributed by atoms with van der Waals surface area (Å²) >= 11 is 0. The Bertz CT molecular complexity index is 1060. The van der Waals surface area contributed by atoms with Crippen molar-refractivity contribution >= 4 is 28.3 Å². The summed E-state index contributed by atoms with van der Waals surface area (Å²) in [7, 11) is 2.11. The number of carbonyl (C=O) groups is 1. The predicted molar refractivity (Wildman–Crippen MR) is 130 cm³/mol. The Morgan fingerprint density at radius 3 is 2.41 bits per heavy atom. The first kappa shape index (κ1) is 21.0. The normalized spacial score (nSPS) is 18.2. The minimum Gasteiger partial charge on any atom is -0.369 e. The third kappa shape index (κ3) is 4.51. The third-order valence-corrected chi connectivity index (χ3v) is 7.09. The summed E-state index contributed by atoms with van der Waals surface area (Å²) in [5, 5.41) is 3.12. The number of hydrogen-bond donors (Lipinski definition) is 1. The molecule has 0 bridgehead atoms. The van der Waals surface area contributed by atoms with Crippen LogP contribution in [-0.2, 0) is 18.4 Å². The summed E-state index contributed by atoms with van der Waals surface area (Å²) in [5.74, 6) is 1.50. The number of aryl methyl sites for hydroxylation is 1. The molecule has 168 valence electrons. The van der Waals surface area contributed by atoms with E-state index in [0.717, 1.165) is 62.6 Å². The zero-order chi connectivity index (χ0) is 21.9. The lowest BCUT2D eigenvalue weighted by molar-refractivity contribution is -0.120. The molecule has 6 heteroatoms. The van der Waals surface area contributed by atoms with Crippen molar-refractivity contribution in [1.29, 1.82) is 0 Å². The van der Waals surface area contributed by atoms with Crippen LogP contribution in [0.2, 0.25) is 0 Å². The van der Waals surface area contributed by atoms with Gasteiger partial charge in [-0.1, -0.05) is 31.4 Å². The van der Waals surface area contributed by atoms with Gasteiger partial charge in [0.25, 0.3) is 0 Å². The van der Waals surface area contributed by atoms with E-state index in [4.69, 9.17) is 4.98 Å². The fraction of sp³-hybridized carbons (Fsp3) is 0.462. The highest BCUT2D eigenvalue weighted by atomic mass is 16.1. The van der Waals surface area contributed by atoms with Gasteiger partial charge in [-0.05, 0) is 49.2 Å². The number of piperazine rings is 1. The summed E-state index contributed by atoms with van der Waals surface area (Å²) in [6.07, 6.45) is 5.69. The number of rotatable bonds is 5. The SMILES string of the molecule is Cn1c(CN2CCN(c3ccc(NC(=O)C4CCCCC4)cc3)CC2)nc2ccccc21. The molecule has 2 aliphatic rings. The highest BCUT2D eigenvalue weighted by Gasteiger charge is 2.22. The molecule has 5 rings (SSSR count). The summed E-state index contributed by atoms with van der Waals surface area (Å²) < 4.78 is 2.21. The maximum atomic E-state index is 12.5. The second-order valence-corrected chi connectivity index (χ2v) is 9.21. The Balaban J connectivity index is 1.14. The van der Waals surface area contributed by atoms with E-state index in [2.05, 4.69) is 57.1 Å². The number of nitrogens with zero attached hydrogens (tertiary/aromatic N) is 4. The number of benzene rings is 2. The highest BCUT2D eigenvalue weighted by Crippen LogP contribution is 2.26. The van der Waals surface area contributed by atoms with Crippen molar-refractivity contribution in [1.82, 2.24) is 14.5 Å². The quantitative estimate of drug-likeness (QED) is 0.650. The molecule has 1 N–H and O–H groups in total. The molecule has 6 nitrogen and oxygen atoms in total. The highest BCUT2D eigenvalue weighted by molar-refractivity contribution is 5.92. The number of aromatic nitrogens is 2. The van der Waals surface area contributed by atoms with Gasteiger partial charge in [0.1, 0.15) is 5.82 Å². The molecule has 1 saturated carbocycles. The van der Waals surface area contributed by atoms with Crippen molar-refractivity contribution in [2.45, 2.75) is 38.6 Å². The lowest BCUT2D eigenvalue weighted by Crippen LogP contribution is -2.46. The minimum atomic E-state index is 0.188. The first-order valence-corrected chi connectivity index (χ1v) is 12.0. The monoisotopic (exact) mass is 431 g/mol. The molecule has 32 heavy (non-hydrogen) atoms. The van der Waals surface area contributed by atoms with Gasteiger partial charge < -0.3 is 14.8 Å². The van der Waals surface area contributed by atoms with Crippen LogP contribution in [0.3, 0.4) is 0 Å². The molecular formula is C26H33N5O. The van der Waals surface area contributed by atoms with E-state index in [-0.39, 0.29) is 11.8 Å². The maximum Gasteiger partial charge on any atom is 0.227 e. The number of amides is 1. The average molecular weight is 432 g/mol. The molecule has 2 heterocycles. The van der Waals surface area contributed by atoms with Crippen LogP contribution in [0.4, 0.5) is 11.4 Å². The Hall–Kier alpha value is -2.86. The summed E-state index contributed by atoms with van der Waals surface area (Å²) in [6, 6.07) is 16.7. The molecule has 1 aromatic heterocycles. The van der Waals surface area contributed by atoms with Crippen LogP contribution in [0, 0.1) is 5.92 Å². The second-order valence-electron chi connectivity index (χ2n) is 9.21. The van der Waals surface area contributed by atoms with Crippen LogP contribution in [0.15, 0.2) is 48.5 Å². The van der Waals surface area contributed by atoms with Gasteiger partial charge in [-0.3, -0.25) is 9.69 Å². The predicted octanol–water partition coefficient (Wildman–Crippen LogP) is 4.41. The van der Waals surface area contributed by atoms with E-state index < -0.39 is 0 Å².